The third-order valence-corrected chi connectivity index (χ3v) is 5.81. The van der Waals surface area contributed by atoms with E-state index < -0.39 is 0 Å². The maximum Gasteiger partial charge on any atom is 0.222 e. The maximum absolute atomic E-state index is 6.38. The van der Waals surface area contributed by atoms with Crippen LogP contribution in [0.25, 0.3) is 11.3 Å². The molecule has 3 aromatic carbocycles. The Hall–Kier alpha value is -3.86. The number of nitrogen functional groups attached to an aromatic ring is 1. The molecule has 5 heteroatoms. The molecule has 0 saturated heterocycles. The summed E-state index contributed by atoms with van der Waals surface area (Å²) in [5.74, 6) is 1.32. The lowest BCUT2D eigenvalue weighted by Crippen LogP contribution is -2.21. The van der Waals surface area contributed by atoms with E-state index in [1.165, 1.54) is 11.1 Å². The van der Waals surface area contributed by atoms with Crippen molar-refractivity contribution in [2.75, 3.05) is 12.8 Å². The Morgan fingerprint density at radius 3 is 2.26 bits per heavy atom. The van der Waals surface area contributed by atoms with Gasteiger partial charge in [-0.1, -0.05) is 60.2 Å². The molecule has 0 bridgehead atoms. The fourth-order valence-electron chi connectivity index (χ4n) is 4.16. The molecule has 5 nitrogen and oxygen atoms in total. The number of fused-ring (bicyclic) bond motifs is 1. The Labute approximate surface area is 181 Å². The number of imidazole rings is 1. The van der Waals surface area contributed by atoms with Gasteiger partial charge in [-0.25, -0.2) is 9.66 Å². The van der Waals surface area contributed by atoms with Gasteiger partial charge in [-0.2, -0.15) is 5.10 Å². The standard InChI is InChI=1S/C26H24N4O/c1-17-8-10-20(11-9-17)24-25-22(18-6-4-3-5-7-18)16-23(29-30(25)26(27)28-24)19-12-14-21(31-2)15-13-19/h3-15,22H,16H2,1-2H3,(H2,27,28). The van der Waals surface area contributed by atoms with Gasteiger partial charge in [0.2, 0.25) is 5.95 Å². The van der Waals surface area contributed by atoms with Crippen molar-refractivity contribution in [3.63, 3.8) is 0 Å². The van der Waals surface area contributed by atoms with Gasteiger partial charge in [-0.3, -0.25) is 0 Å². The van der Waals surface area contributed by atoms with Crippen LogP contribution in [0.4, 0.5) is 5.95 Å². The molecule has 0 radical (unpaired) electrons. The van der Waals surface area contributed by atoms with Crippen LogP contribution < -0.4 is 10.5 Å². The van der Waals surface area contributed by atoms with E-state index in [0.717, 1.165) is 40.4 Å². The largest absolute Gasteiger partial charge is 0.497 e. The second kappa shape index (κ2) is 7.76. The molecule has 2 N–H and O–H groups in total. The number of benzene rings is 3. The summed E-state index contributed by atoms with van der Waals surface area (Å²) in [7, 11) is 1.67. The first-order valence-corrected chi connectivity index (χ1v) is 10.4. The second-order valence-electron chi connectivity index (χ2n) is 7.82. The molecule has 154 valence electrons. The topological polar surface area (TPSA) is 65.4 Å². The average Bonchev–Trinajstić information content (AvgIpc) is 3.16. The highest BCUT2D eigenvalue weighted by Gasteiger charge is 2.31. The SMILES string of the molecule is COc1ccc(C2=Nn3c(N)nc(-c4ccc(C)cc4)c3C(c3ccccc3)C2)cc1. The number of anilines is 1. The van der Waals surface area contributed by atoms with Gasteiger partial charge in [0.15, 0.2) is 0 Å². The highest BCUT2D eigenvalue weighted by molar-refractivity contribution is 6.02. The second-order valence-corrected chi connectivity index (χ2v) is 7.82. The Morgan fingerprint density at radius 1 is 0.903 bits per heavy atom. The average molecular weight is 409 g/mol. The van der Waals surface area contributed by atoms with E-state index in [-0.39, 0.29) is 5.92 Å². The molecule has 2 heterocycles. The normalized spacial score (nSPS) is 15.3. The Morgan fingerprint density at radius 2 is 1.58 bits per heavy atom. The van der Waals surface area contributed by atoms with E-state index in [9.17, 15) is 0 Å². The van der Waals surface area contributed by atoms with Crippen LogP contribution in [0.1, 0.15) is 34.7 Å². The highest BCUT2D eigenvalue weighted by atomic mass is 16.5. The fraction of sp³-hybridized carbons (Fsp3) is 0.154. The van der Waals surface area contributed by atoms with Crippen LogP contribution in [0.15, 0.2) is 84.0 Å². The van der Waals surface area contributed by atoms with Gasteiger partial charge in [0.25, 0.3) is 0 Å². The molecule has 0 fully saturated rings. The Bertz CT molecular complexity index is 1240. The number of aromatic nitrogens is 2. The van der Waals surface area contributed by atoms with Crippen molar-refractivity contribution in [2.45, 2.75) is 19.3 Å². The van der Waals surface area contributed by atoms with E-state index in [1.54, 1.807) is 7.11 Å². The van der Waals surface area contributed by atoms with E-state index in [0.29, 0.717) is 5.95 Å². The van der Waals surface area contributed by atoms with Crippen molar-refractivity contribution >= 4 is 11.7 Å². The maximum atomic E-state index is 6.38. The molecule has 1 aromatic heterocycles. The van der Waals surface area contributed by atoms with Gasteiger partial charge in [0.05, 0.1) is 24.2 Å². The molecule has 0 amide bonds. The lowest BCUT2D eigenvalue weighted by Gasteiger charge is -2.25. The molecular weight excluding hydrogens is 384 g/mol. The lowest BCUT2D eigenvalue weighted by molar-refractivity contribution is 0.415. The van der Waals surface area contributed by atoms with Gasteiger partial charge in [0.1, 0.15) is 5.75 Å². The van der Waals surface area contributed by atoms with Crippen LogP contribution in [0, 0.1) is 6.92 Å². The summed E-state index contributed by atoms with van der Waals surface area (Å²) in [6, 6.07) is 26.9. The Kier molecular flexibility index (Phi) is 4.79. The molecule has 1 aliphatic rings. The van der Waals surface area contributed by atoms with Crippen molar-refractivity contribution < 1.29 is 4.74 Å². The first-order chi connectivity index (χ1) is 15.1. The summed E-state index contributed by atoms with van der Waals surface area (Å²) in [6.45, 7) is 2.08. The van der Waals surface area contributed by atoms with Gasteiger partial charge < -0.3 is 10.5 Å². The number of nitrogens with zero attached hydrogens (tertiary/aromatic N) is 3. The molecule has 31 heavy (non-hydrogen) atoms. The van der Waals surface area contributed by atoms with Crippen molar-refractivity contribution in [2.24, 2.45) is 5.10 Å². The summed E-state index contributed by atoms with van der Waals surface area (Å²) < 4.78 is 7.12. The summed E-state index contributed by atoms with van der Waals surface area (Å²) in [6.07, 6.45) is 0.764. The summed E-state index contributed by atoms with van der Waals surface area (Å²) in [5.41, 5.74) is 13.8. The molecule has 1 aliphatic heterocycles. The van der Waals surface area contributed by atoms with Crippen LogP contribution >= 0.6 is 0 Å². The molecule has 0 spiro atoms. The number of hydrogen-bond acceptors (Lipinski definition) is 4. The van der Waals surface area contributed by atoms with Gasteiger partial charge >= 0.3 is 0 Å². The number of rotatable bonds is 4. The lowest BCUT2D eigenvalue weighted by atomic mass is 9.85. The first-order valence-electron chi connectivity index (χ1n) is 10.4. The minimum Gasteiger partial charge on any atom is -0.497 e. The van der Waals surface area contributed by atoms with Crippen LogP contribution in [0.3, 0.4) is 0 Å². The van der Waals surface area contributed by atoms with Crippen LogP contribution in [0.2, 0.25) is 0 Å². The van der Waals surface area contributed by atoms with E-state index >= 15 is 0 Å². The first kappa shape index (κ1) is 19.1. The van der Waals surface area contributed by atoms with Crippen molar-refractivity contribution in [1.82, 2.24) is 9.66 Å². The molecule has 0 saturated carbocycles. The predicted molar refractivity (Wildman–Crippen MR) is 125 cm³/mol. The highest BCUT2D eigenvalue weighted by Crippen LogP contribution is 2.40. The van der Waals surface area contributed by atoms with Gasteiger partial charge in [-0.15, -0.1) is 0 Å². The van der Waals surface area contributed by atoms with Crippen LogP contribution in [-0.2, 0) is 0 Å². The number of aryl methyl sites for hydroxylation is 1. The zero-order chi connectivity index (χ0) is 21.4. The molecule has 0 aliphatic carbocycles. The zero-order valence-electron chi connectivity index (χ0n) is 17.6. The van der Waals surface area contributed by atoms with E-state index in [1.807, 2.05) is 35.0 Å². The quantitative estimate of drug-likeness (QED) is 0.502. The number of ether oxygens (including phenoxy) is 1. The van der Waals surface area contributed by atoms with Crippen LogP contribution in [-0.4, -0.2) is 22.5 Å². The van der Waals surface area contributed by atoms with Crippen molar-refractivity contribution in [3.05, 3.63) is 101 Å². The van der Waals surface area contributed by atoms with Crippen LogP contribution in [0.5, 0.6) is 5.75 Å². The molecule has 1 unspecified atom stereocenters. The third-order valence-electron chi connectivity index (χ3n) is 5.81. The van der Waals surface area contributed by atoms with Crippen molar-refractivity contribution in [3.8, 4) is 17.0 Å². The van der Waals surface area contributed by atoms with E-state index in [2.05, 4.69) is 55.5 Å². The minimum atomic E-state index is 0.0944. The van der Waals surface area contributed by atoms with E-state index in [4.69, 9.17) is 20.6 Å². The smallest absolute Gasteiger partial charge is 0.222 e. The molecule has 4 aromatic rings. The number of hydrogen-bond donors (Lipinski definition) is 1. The summed E-state index contributed by atoms with van der Waals surface area (Å²) in [4.78, 5) is 4.74. The van der Waals surface area contributed by atoms with Gasteiger partial charge in [0, 0.05) is 17.9 Å². The molecule has 1 atom stereocenters. The van der Waals surface area contributed by atoms with Gasteiger partial charge in [-0.05, 0) is 42.3 Å². The molecule has 5 rings (SSSR count). The third kappa shape index (κ3) is 3.48. The Balaban J connectivity index is 1.68. The molecular formula is C26H24N4O. The zero-order valence-corrected chi connectivity index (χ0v) is 17.6. The van der Waals surface area contributed by atoms with Crippen molar-refractivity contribution in [1.29, 1.82) is 0 Å². The fourth-order valence-corrected chi connectivity index (χ4v) is 4.16. The summed E-state index contributed by atoms with van der Waals surface area (Å²) >= 11 is 0. The summed E-state index contributed by atoms with van der Waals surface area (Å²) in [5, 5.41) is 4.92. The predicted octanol–water partition coefficient (Wildman–Crippen LogP) is 5.24. The minimum absolute atomic E-state index is 0.0944. The monoisotopic (exact) mass is 408 g/mol. The number of methoxy groups -OCH3 is 1. The number of nitrogens with two attached hydrogens (primary N) is 1.